The summed E-state index contributed by atoms with van der Waals surface area (Å²) in [4.78, 5) is 15.5. The Labute approximate surface area is 114 Å². The lowest BCUT2D eigenvalue weighted by Crippen LogP contribution is -2.48. The highest BCUT2D eigenvalue weighted by atomic mass is 19.1. The Balaban J connectivity index is 1.68. The maximum atomic E-state index is 13.0. The molecule has 0 aromatic heterocycles. The molecule has 0 radical (unpaired) electrons. The monoisotopic (exact) mass is 264 g/mol. The molecule has 0 atom stereocenters. The highest BCUT2D eigenvalue weighted by molar-refractivity contribution is 5.73. The predicted octanol–water partition coefficient (Wildman–Crippen LogP) is 1.92. The first-order chi connectivity index (χ1) is 9.15. The van der Waals surface area contributed by atoms with Gasteiger partial charge in [-0.2, -0.15) is 0 Å². The van der Waals surface area contributed by atoms with Crippen LogP contribution in [0.25, 0.3) is 0 Å². The molecule has 1 aliphatic heterocycles. The van der Waals surface area contributed by atoms with Crippen molar-refractivity contribution in [2.24, 2.45) is 0 Å². The average Bonchev–Trinajstić information content (AvgIpc) is 2.39. The third-order valence-corrected chi connectivity index (χ3v) is 3.65. The average molecular weight is 264 g/mol. The van der Waals surface area contributed by atoms with Gasteiger partial charge >= 0.3 is 0 Å². The molecule has 19 heavy (non-hydrogen) atoms. The first-order valence-electron chi connectivity index (χ1n) is 6.87. The van der Waals surface area contributed by atoms with Gasteiger partial charge in [-0.15, -0.1) is 0 Å². The molecule has 0 saturated carbocycles. The van der Waals surface area contributed by atoms with E-state index in [2.05, 4.69) is 4.90 Å². The summed E-state index contributed by atoms with van der Waals surface area (Å²) in [5.41, 5.74) is 1.06. The Morgan fingerprint density at radius 1 is 1.26 bits per heavy atom. The molecule has 1 heterocycles. The van der Waals surface area contributed by atoms with Crippen LogP contribution in [0.1, 0.15) is 18.9 Å². The predicted molar refractivity (Wildman–Crippen MR) is 73.4 cm³/mol. The van der Waals surface area contributed by atoms with Crippen molar-refractivity contribution in [2.75, 3.05) is 32.7 Å². The normalized spacial score (nSPS) is 16.6. The van der Waals surface area contributed by atoms with E-state index in [1.807, 2.05) is 11.0 Å². The molecule has 104 valence electrons. The van der Waals surface area contributed by atoms with Gasteiger partial charge in [0.25, 0.3) is 0 Å². The number of halogens is 1. The number of rotatable bonds is 4. The van der Waals surface area contributed by atoms with Crippen molar-refractivity contribution in [1.29, 1.82) is 0 Å². The van der Waals surface area contributed by atoms with E-state index in [-0.39, 0.29) is 11.7 Å². The van der Waals surface area contributed by atoms with Crippen molar-refractivity contribution < 1.29 is 9.18 Å². The second-order valence-electron chi connectivity index (χ2n) is 5.08. The highest BCUT2D eigenvalue weighted by Crippen LogP contribution is 2.08. The molecule has 0 unspecified atom stereocenters. The summed E-state index contributed by atoms with van der Waals surface area (Å²) in [5, 5.41) is 0. The van der Waals surface area contributed by atoms with Gasteiger partial charge in [-0.3, -0.25) is 9.69 Å². The highest BCUT2D eigenvalue weighted by Gasteiger charge is 2.17. The first-order valence-corrected chi connectivity index (χ1v) is 6.87. The van der Waals surface area contributed by atoms with Gasteiger partial charge in [0.1, 0.15) is 5.82 Å². The van der Waals surface area contributed by atoms with Crippen LogP contribution in [-0.4, -0.2) is 48.4 Å². The molecule has 0 aliphatic carbocycles. The van der Waals surface area contributed by atoms with Crippen LogP contribution in [-0.2, 0) is 11.2 Å². The first kappa shape index (κ1) is 14.0. The van der Waals surface area contributed by atoms with E-state index >= 15 is 0 Å². The van der Waals surface area contributed by atoms with Crippen molar-refractivity contribution in [3.05, 3.63) is 35.6 Å². The number of carbonyl (C=O) groups is 1. The van der Waals surface area contributed by atoms with Crippen molar-refractivity contribution in [2.45, 2.75) is 19.8 Å². The Morgan fingerprint density at radius 3 is 2.63 bits per heavy atom. The van der Waals surface area contributed by atoms with E-state index in [9.17, 15) is 9.18 Å². The van der Waals surface area contributed by atoms with E-state index in [4.69, 9.17) is 0 Å². The van der Waals surface area contributed by atoms with Gasteiger partial charge in [0.05, 0.1) is 0 Å². The zero-order chi connectivity index (χ0) is 13.7. The van der Waals surface area contributed by atoms with Gasteiger partial charge in [-0.25, -0.2) is 4.39 Å². The molecule has 1 aliphatic rings. The Hall–Kier alpha value is -1.42. The van der Waals surface area contributed by atoms with Gasteiger partial charge < -0.3 is 4.90 Å². The van der Waals surface area contributed by atoms with Crippen molar-refractivity contribution in [3.63, 3.8) is 0 Å². The fourth-order valence-corrected chi connectivity index (χ4v) is 2.49. The summed E-state index contributed by atoms with van der Waals surface area (Å²) in [6.45, 7) is 6.19. The minimum atomic E-state index is -0.160. The lowest BCUT2D eigenvalue weighted by molar-refractivity contribution is -0.130. The quantitative estimate of drug-likeness (QED) is 0.829. The summed E-state index contributed by atoms with van der Waals surface area (Å²) in [7, 11) is 0. The molecule has 0 spiro atoms. The van der Waals surface area contributed by atoms with Crippen molar-refractivity contribution >= 4 is 5.91 Å². The smallest absolute Gasteiger partial charge is 0.219 e. The number of amides is 1. The summed E-state index contributed by atoms with van der Waals surface area (Å²) in [6, 6.07) is 6.81. The molecule has 4 heteroatoms. The van der Waals surface area contributed by atoms with E-state index in [1.54, 1.807) is 19.1 Å². The van der Waals surface area contributed by atoms with E-state index in [1.165, 1.54) is 6.07 Å². The number of benzene rings is 1. The third kappa shape index (κ3) is 4.31. The Kier molecular flexibility index (Phi) is 4.91. The molecular weight excluding hydrogens is 243 g/mol. The third-order valence-electron chi connectivity index (χ3n) is 3.65. The molecule has 1 fully saturated rings. The SMILES string of the molecule is CC(=O)N1CCN(CCCc2cccc(F)c2)CC1. The number of hydrogen-bond donors (Lipinski definition) is 0. The van der Waals surface area contributed by atoms with Crippen LogP contribution in [0.2, 0.25) is 0 Å². The van der Waals surface area contributed by atoms with E-state index < -0.39 is 0 Å². The minimum Gasteiger partial charge on any atom is -0.340 e. The van der Waals surface area contributed by atoms with Gasteiger partial charge in [0, 0.05) is 33.1 Å². The van der Waals surface area contributed by atoms with Crippen LogP contribution >= 0.6 is 0 Å². The van der Waals surface area contributed by atoms with E-state index in [0.717, 1.165) is 51.1 Å². The topological polar surface area (TPSA) is 23.6 Å². The van der Waals surface area contributed by atoms with Crippen LogP contribution in [0.15, 0.2) is 24.3 Å². The summed E-state index contributed by atoms with van der Waals surface area (Å²) in [5.74, 6) is 0.00647. The number of nitrogens with zero attached hydrogens (tertiary/aromatic N) is 2. The van der Waals surface area contributed by atoms with Crippen molar-refractivity contribution in [1.82, 2.24) is 9.80 Å². The maximum Gasteiger partial charge on any atom is 0.219 e. The van der Waals surface area contributed by atoms with Gasteiger partial charge in [-0.1, -0.05) is 12.1 Å². The molecule has 1 amide bonds. The fourth-order valence-electron chi connectivity index (χ4n) is 2.49. The van der Waals surface area contributed by atoms with Crippen molar-refractivity contribution in [3.8, 4) is 0 Å². The second kappa shape index (κ2) is 6.66. The Bertz CT molecular complexity index is 428. The van der Waals surface area contributed by atoms with Crippen LogP contribution in [0.3, 0.4) is 0 Å². The van der Waals surface area contributed by atoms with Crippen LogP contribution in [0.4, 0.5) is 4.39 Å². The maximum absolute atomic E-state index is 13.0. The molecule has 1 aromatic rings. The molecule has 0 bridgehead atoms. The number of hydrogen-bond acceptors (Lipinski definition) is 2. The Morgan fingerprint density at radius 2 is 2.00 bits per heavy atom. The van der Waals surface area contributed by atoms with Crippen LogP contribution < -0.4 is 0 Å². The summed E-state index contributed by atoms with van der Waals surface area (Å²) in [6.07, 6.45) is 1.94. The molecule has 1 saturated heterocycles. The van der Waals surface area contributed by atoms with E-state index in [0.29, 0.717) is 0 Å². The molecule has 2 rings (SSSR count). The second-order valence-corrected chi connectivity index (χ2v) is 5.08. The molecule has 1 aromatic carbocycles. The largest absolute Gasteiger partial charge is 0.340 e. The van der Waals surface area contributed by atoms with Gasteiger partial charge in [0.15, 0.2) is 0 Å². The standard InChI is InChI=1S/C15H21FN2O/c1-13(19)18-10-8-17(9-11-18)7-3-5-14-4-2-6-15(16)12-14/h2,4,6,12H,3,5,7-11H2,1H3. The van der Waals surface area contributed by atoms with Gasteiger partial charge in [-0.05, 0) is 37.1 Å². The molecule has 0 N–H and O–H groups in total. The van der Waals surface area contributed by atoms with Crippen LogP contribution in [0.5, 0.6) is 0 Å². The lowest BCUT2D eigenvalue weighted by Gasteiger charge is -2.34. The summed E-state index contributed by atoms with van der Waals surface area (Å²) < 4.78 is 13.0. The number of carbonyl (C=O) groups excluding carboxylic acids is 1. The molecule has 3 nitrogen and oxygen atoms in total. The fraction of sp³-hybridized carbons (Fsp3) is 0.533. The number of aryl methyl sites for hydroxylation is 1. The summed E-state index contributed by atoms with van der Waals surface area (Å²) >= 11 is 0. The zero-order valence-electron chi connectivity index (χ0n) is 11.4. The van der Waals surface area contributed by atoms with Gasteiger partial charge in [0.2, 0.25) is 5.91 Å². The molecular formula is C15H21FN2O. The lowest BCUT2D eigenvalue weighted by atomic mass is 10.1. The number of piperazine rings is 1. The van der Waals surface area contributed by atoms with Crippen LogP contribution in [0, 0.1) is 5.82 Å². The zero-order valence-corrected chi connectivity index (χ0v) is 11.4. The minimum absolute atomic E-state index is 0.160.